The van der Waals surface area contributed by atoms with Crippen LogP contribution < -0.4 is 5.32 Å². The third-order valence-electron chi connectivity index (χ3n) is 2.15. The lowest BCUT2D eigenvalue weighted by molar-refractivity contribution is -0.155. The second kappa shape index (κ2) is 5.82. The molecular formula is C11H11F3N2S. The summed E-state index contributed by atoms with van der Waals surface area (Å²) < 4.78 is 37.0. The van der Waals surface area contributed by atoms with E-state index in [4.69, 9.17) is 5.26 Å². The van der Waals surface area contributed by atoms with Gasteiger partial charge in [0.25, 0.3) is 0 Å². The molecule has 1 rings (SSSR count). The van der Waals surface area contributed by atoms with Crippen LogP contribution in [0.1, 0.15) is 0 Å². The number of nitrogens with zero attached hydrogens (tertiary/aromatic N) is 1. The second-order valence-electron chi connectivity index (χ2n) is 3.30. The summed E-state index contributed by atoms with van der Waals surface area (Å²) in [6.07, 6.45) is -2.65. The Morgan fingerprint density at radius 2 is 2.06 bits per heavy atom. The van der Waals surface area contributed by atoms with E-state index in [-0.39, 0.29) is 0 Å². The maximum atomic E-state index is 12.3. The van der Waals surface area contributed by atoms with E-state index >= 15 is 0 Å². The van der Waals surface area contributed by atoms with Gasteiger partial charge in [0.1, 0.15) is 0 Å². The Bertz CT molecular complexity index is 412. The van der Waals surface area contributed by atoms with Gasteiger partial charge in [0.15, 0.2) is 5.92 Å². The standard InChI is InChI=1S/C11H11F3N2S/c1-17-10-5-3-2-4-9(10)16-7-8(6-15)11(12,13)14/h2-5,8,16H,7H2,1H3. The molecule has 0 heterocycles. The van der Waals surface area contributed by atoms with Gasteiger partial charge in [-0.3, -0.25) is 0 Å². The fourth-order valence-corrected chi connectivity index (χ4v) is 1.81. The number of alkyl halides is 3. The normalized spacial score (nSPS) is 12.9. The van der Waals surface area contributed by atoms with Crippen LogP contribution in [-0.4, -0.2) is 19.0 Å². The number of hydrogen-bond acceptors (Lipinski definition) is 3. The van der Waals surface area contributed by atoms with Gasteiger partial charge < -0.3 is 5.32 Å². The van der Waals surface area contributed by atoms with Gasteiger partial charge in [0.2, 0.25) is 0 Å². The van der Waals surface area contributed by atoms with Crippen molar-refractivity contribution in [1.82, 2.24) is 0 Å². The van der Waals surface area contributed by atoms with E-state index in [1.807, 2.05) is 18.4 Å². The Hall–Kier alpha value is -1.35. The van der Waals surface area contributed by atoms with Crippen molar-refractivity contribution in [2.75, 3.05) is 18.1 Å². The molecule has 0 bridgehead atoms. The molecular weight excluding hydrogens is 249 g/mol. The van der Waals surface area contributed by atoms with E-state index in [1.165, 1.54) is 17.8 Å². The van der Waals surface area contributed by atoms with Crippen molar-refractivity contribution in [1.29, 1.82) is 5.26 Å². The zero-order valence-corrected chi connectivity index (χ0v) is 9.90. The smallest absolute Gasteiger partial charge is 0.382 e. The third kappa shape index (κ3) is 3.86. The molecule has 0 fully saturated rings. The third-order valence-corrected chi connectivity index (χ3v) is 2.95. The molecule has 0 amide bonds. The van der Waals surface area contributed by atoms with Gasteiger partial charge in [0, 0.05) is 17.1 Å². The van der Waals surface area contributed by atoms with Crippen molar-refractivity contribution in [3.05, 3.63) is 24.3 Å². The lowest BCUT2D eigenvalue weighted by Gasteiger charge is -2.16. The van der Waals surface area contributed by atoms with Crippen LogP contribution in [0.4, 0.5) is 18.9 Å². The average Bonchev–Trinajstić information content (AvgIpc) is 2.28. The maximum Gasteiger partial charge on any atom is 0.406 e. The predicted molar refractivity (Wildman–Crippen MR) is 61.9 cm³/mol. The largest absolute Gasteiger partial charge is 0.406 e. The Labute approximate surface area is 102 Å². The molecule has 1 atom stereocenters. The maximum absolute atomic E-state index is 12.3. The summed E-state index contributed by atoms with van der Waals surface area (Å²) in [5.74, 6) is -1.99. The quantitative estimate of drug-likeness (QED) is 0.841. The van der Waals surface area contributed by atoms with Crippen LogP contribution in [-0.2, 0) is 0 Å². The molecule has 0 spiro atoms. The van der Waals surface area contributed by atoms with Gasteiger partial charge in [0.05, 0.1) is 6.07 Å². The summed E-state index contributed by atoms with van der Waals surface area (Å²) in [4.78, 5) is 0.853. The number of para-hydroxylation sites is 1. The minimum atomic E-state index is -4.49. The highest BCUT2D eigenvalue weighted by Crippen LogP contribution is 2.28. The van der Waals surface area contributed by atoms with E-state index < -0.39 is 18.6 Å². The first-order valence-corrected chi connectivity index (χ1v) is 6.04. The highest BCUT2D eigenvalue weighted by atomic mass is 32.2. The summed E-state index contributed by atoms with van der Waals surface area (Å²) in [7, 11) is 0. The summed E-state index contributed by atoms with van der Waals surface area (Å²) in [5, 5.41) is 11.1. The molecule has 1 unspecified atom stereocenters. The molecule has 1 aromatic carbocycles. The van der Waals surface area contributed by atoms with E-state index in [1.54, 1.807) is 12.1 Å². The van der Waals surface area contributed by atoms with Crippen LogP contribution in [0.5, 0.6) is 0 Å². The lowest BCUT2D eigenvalue weighted by Crippen LogP contribution is -2.28. The Morgan fingerprint density at radius 1 is 1.41 bits per heavy atom. The predicted octanol–water partition coefficient (Wildman–Crippen LogP) is 3.52. The van der Waals surface area contributed by atoms with Crippen molar-refractivity contribution in [3.63, 3.8) is 0 Å². The highest BCUT2D eigenvalue weighted by Gasteiger charge is 2.39. The van der Waals surface area contributed by atoms with Gasteiger partial charge in [-0.1, -0.05) is 12.1 Å². The number of nitrogens with one attached hydrogen (secondary N) is 1. The fraction of sp³-hybridized carbons (Fsp3) is 0.364. The van der Waals surface area contributed by atoms with Crippen molar-refractivity contribution < 1.29 is 13.2 Å². The molecule has 0 aliphatic rings. The highest BCUT2D eigenvalue weighted by molar-refractivity contribution is 7.98. The van der Waals surface area contributed by atoms with Crippen LogP contribution in [0, 0.1) is 17.2 Å². The molecule has 0 aliphatic heterocycles. The lowest BCUT2D eigenvalue weighted by atomic mass is 10.1. The Morgan fingerprint density at radius 3 is 2.59 bits per heavy atom. The van der Waals surface area contributed by atoms with E-state index in [0.717, 1.165) is 4.90 Å². The molecule has 1 aromatic rings. The van der Waals surface area contributed by atoms with Crippen molar-refractivity contribution in [2.24, 2.45) is 5.92 Å². The Balaban J connectivity index is 2.70. The van der Waals surface area contributed by atoms with Crippen LogP contribution >= 0.6 is 11.8 Å². The topological polar surface area (TPSA) is 35.8 Å². The average molecular weight is 260 g/mol. The first kappa shape index (κ1) is 13.7. The van der Waals surface area contributed by atoms with Crippen LogP contribution in [0.3, 0.4) is 0 Å². The second-order valence-corrected chi connectivity index (χ2v) is 4.15. The van der Waals surface area contributed by atoms with Crippen LogP contribution in [0.2, 0.25) is 0 Å². The minimum Gasteiger partial charge on any atom is -0.382 e. The van der Waals surface area contributed by atoms with Crippen LogP contribution in [0.25, 0.3) is 0 Å². The molecule has 0 saturated carbocycles. The first-order valence-electron chi connectivity index (χ1n) is 4.82. The fourth-order valence-electron chi connectivity index (χ4n) is 1.24. The van der Waals surface area contributed by atoms with Crippen LogP contribution in [0.15, 0.2) is 29.2 Å². The molecule has 1 N–H and O–H groups in total. The summed E-state index contributed by atoms with van der Waals surface area (Å²) in [6.45, 7) is -0.433. The van der Waals surface area contributed by atoms with Gasteiger partial charge in [-0.25, -0.2) is 0 Å². The molecule has 6 heteroatoms. The Kier molecular flexibility index (Phi) is 4.70. The van der Waals surface area contributed by atoms with E-state index in [9.17, 15) is 13.2 Å². The summed E-state index contributed by atoms with van der Waals surface area (Å²) in [5.41, 5.74) is 0.615. The number of anilines is 1. The number of hydrogen-bond donors (Lipinski definition) is 1. The number of benzene rings is 1. The minimum absolute atomic E-state index is 0.433. The number of nitriles is 1. The molecule has 17 heavy (non-hydrogen) atoms. The molecule has 0 radical (unpaired) electrons. The zero-order valence-electron chi connectivity index (χ0n) is 9.08. The summed E-state index contributed by atoms with van der Waals surface area (Å²) >= 11 is 1.44. The number of rotatable bonds is 4. The van der Waals surface area contributed by atoms with E-state index in [2.05, 4.69) is 5.32 Å². The van der Waals surface area contributed by atoms with Crippen molar-refractivity contribution in [2.45, 2.75) is 11.1 Å². The zero-order chi connectivity index (χ0) is 12.9. The molecule has 0 saturated heterocycles. The van der Waals surface area contributed by atoms with E-state index in [0.29, 0.717) is 5.69 Å². The van der Waals surface area contributed by atoms with Crippen molar-refractivity contribution in [3.8, 4) is 6.07 Å². The number of thioether (sulfide) groups is 1. The number of halogens is 3. The molecule has 92 valence electrons. The SMILES string of the molecule is CSc1ccccc1NCC(C#N)C(F)(F)F. The van der Waals surface area contributed by atoms with Gasteiger partial charge >= 0.3 is 6.18 Å². The first-order chi connectivity index (χ1) is 7.99. The molecule has 2 nitrogen and oxygen atoms in total. The van der Waals surface area contributed by atoms with Gasteiger partial charge in [-0.05, 0) is 18.4 Å². The van der Waals surface area contributed by atoms with Crippen molar-refractivity contribution >= 4 is 17.4 Å². The van der Waals surface area contributed by atoms with Gasteiger partial charge in [-0.2, -0.15) is 18.4 Å². The molecule has 0 aliphatic carbocycles. The van der Waals surface area contributed by atoms with Gasteiger partial charge in [-0.15, -0.1) is 11.8 Å². The summed E-state index contributed by atoms with van der Waals surface area (Å²) in [6, 6.07) is 8.30. The molecule has 0 aromatic heterocycles. The monoisotopic (exact) mass is 260 g/mol.